The summed E-state index contributed by atoms with van der Waals surface area (Å²) in [5.41, 5.74) is 0.668. The molecular formula is C12H9Cl3N2O2S. The van der Waals surface area contributed by atoms with Crippen molar-refractivity contribution < 1.29 is 8.42 Å². The summed E-state index contributed by atoms with van der Waals surface area (Å²) in [6, 6.07) is 7.75. The third-order valence-corrected chi connectivity index (χ3v) is 5.02. The average Bonchev–Trinajstić information content (AvgIpc) is 2.37. The summed E-state index contributed by atoms with van der Waals surface area (Å²) in [4.78, 5) is 3.73. The van der Waals surface area contributed by atoms with Gasteiger partial charge in [-0.25, -0.2) is 18.1 Å². The van der Waals surface area contributed by atoms with Crippen molar-refractivity contribution in [2.45, 2.75) is 11.4 Å². The van der Waals surface area contributed by atoms with Crippen molar-refractivity contribution in [1.29, 1.82) is 0 Å². The third-order valence-electron chi connectivity index (χ3n) is 2.44. The van der Waals surface area contributed by atoms with Gasteiger partial charge in [0.25, 0.3) is 0 Å². The van der Waals surface area contributed by atoms with E-state index in [1.807, 2.05) is 0 Å². The molecule has 0 radical (unpaired) electrons. The molecule has 1 N–H and O–H groups in total. The molecule has 0 bridgehead atoms. The fourth-order valence-electron chi connectivity index (χ4n) is 1.50. The molecule has 0 saturated carbocycles. The highest BCUT2D eigenvalue weighted by atomic mass is 35.5. The van der Waals surface area contributed by atoms with Gasteiger partial charge in [-0.15, -0.1) is 0 Å². The van der Waals surface area contributed by atoms with E-state index in [9.17, 15) is 8.42 Å². The van der Waals surface area contributed by atoms with Crippen LogP contribution in [0.5, 0.6) is 0 Å². The Bertz CT molecular complexity index is 698. The van der Waals surface area contributed by atoms with Gasteiger partial charge in [0.05, 0.1) is 10.0 Å². The number of aromatic nitrogens is 1. The third kappa shape index (κ3) is 3.62. The molecule has 4 nitrogen and oxygen atoms in total. The summed E-state index contributed by atoms with van der Waals surface area (Å²) < 4.78 is 26.8. The maximum atomic E-state index is 12.2. The Kier molecular flexibility index (Phi) is 4.88. The second-order valence-corrected chi connectivity index (χ2v) is 6.77. The molecule has 1 aromatic heterocycles. The molecule has 0 saturated heterocycles. The molecule has 0 amide bonds. The van der Waals surface area contributed by atoms with Crippen molar-refractivity contribution in [2.75, 3.05) is 0 Å². The van der Waals surface area contributed by atoms with Gasteiger partial charge in [0.1, 0.15) is 10.0 Å². The Morgan fingerprint density at radius 2 is 1.70 bits per heavy atom. The minimum Gasteiger partial charge on any atom is -0.244 e. The SMILES string of the molecule is O=S(=O)(NCc1ccc(Cl)nc1)c1c(Cl)cccc1Cl. The lowest BCUT2D eigenvalue weighted by Crippen LogP contribution is -2.24. The van der Waals surface area contributed by atoms with Crippen molar-refractivity contribution in [1.82, 2.24) is 9.71 Å². The van der Waals surface area contributed by atoms with E-state index in [1.54, 1.807) is 18.2 Å². The first-order valence-corrected chi connectivity index (χ1v) is 8.06. The largest absolute Gasteiger partial charge is 0.244 e. The lowest BCUT2D eigenvalue weighted by atomic mass is 10.3. The van der Waals surface area contributed by atoms with Crippen LogP contribution in [-0.4, -0.2) is 13.4 Å². The van der Waals surface area contributed by atoms with Crippen LogP contribution in [0.1, 0.15) is 5.56 Å². The Morgan fingerprint density at radius 3 is 2.25 bits per heavy atom. The summed E-state index contributed by atoms with van der Waals surface area (Å²) in [5, 5.41) is 0.476. The van der Waals surface area contributed by atoms with Gasteiger partial charge >= 0.3 is 0 Å². The molecule has 0 aliphatic rings. The molecule has 0 fully saturated rings. The predicted molar refractivity (Wildman–Crippen MR) is 79.7 cm³/mol. The van der Waals surface area contributed by atoms with Crippen LogP contribution >= 0.6 is 34.8 Å². The van der Waals surface area contributed by atoms with Gasteiger partial charge in [0.2, 0.25) is 10.0 Å². The van der Waals surface area contributed by atoms with E-state index in [0.717, 1.165) is 0 Å². The lowest BCUT2D eigenvalue weighted by molar-refractivity contribution is 0.581. The number of sulfonamides is 1. The van der Waals surface area contributed by atoms with Crippen molar-refractivity contribution in [3.63, 3.8) is 0 Å². The van der Waals surface area contributed by atoms with Crippen LogP contribution < -0.4 is 4.72 Å². The maximum absolute atomic E-state index is 12.2. The Balaban J connectivity index is 2.22. The molecule has 1 heterocycles. The van der Waals surface area contributed by atoms with Gasteiger partial charge in [-0.05, 0) is 23.8 Å². The van der Waals surface area contributed by atoms with Gasteiger partial charge in [-0.3, -0.25) is 0 Å². The maximum Gasteiger partial charge on any atom is 0.243 e. The first kappa shape index (κ1) is 15.5. The number of hydrogen-bond donors (Lipinski definition) is 1. The van der Waals surface area contributed by atoms with Gasteiger partial charge in [0.15, 0.2) is 0 Å². The average molecular weight is 352 g/mol. The quantitative estimate of drug-likeness (QED) is 0.857. The van der Waals surface area contributed by atoms with E-state index in [4.69, 9.17) is 34.8 Å². The number of rotatable bonds is 4. The fraction of sp³-hybridized carbons (Fsp3) is 0.0833. The van der Waals surface area contributed by atoms with Gasteiger partial charge < -0.3 is 0 Å². The molecular weight excluding hydrogens is 343 g/mol. The summed E-state index contributed by atoms with van der Waals surface area (Å²) in [7, 11) is -3.80. The molecule has 0 spiro atoms. The Hall–Kier alpha value is -0.850. The Morgan fingerprint density at radius 1 is 1.05 bits per heavy atom. The van der Waals surface area contributed by atoms with Crippen molar-refractivity contribution in [2.24, 2.45) is 0 Å². The second kappa shape index (κ2) is 6.28. The smallest absolute Gasteiger partial charge is 0.243 e. The van der Waals surface area contributed by atoms with E-state index in [0.29, 0.717) is 10.7 Å². The molecule has 20 heavy (non-hydrogen) atoms. The zero-order valence-electron chi connectivity index (χ0n) is 9.98. The van der Waals surface area contributed by atoms with Crippen molar-refractivity contribution in [3.05, 3.63) is 57.3 Å². The molecule has 0 aliphatic carbocycles. The molecule has 106 valence electrons. The number of halogens is 3. The van der Waals surface area contributed by atoms with Crippen LogP contribution in [0.2, 0.25) is 15.2 Å². The second-order valence-electron chi connectivity index (χ2n) is 3.86. The highest BCUT2D eigenvalue weighted by Gasteiger charge is 2.21. The molecule has 2 rings (SSSR count). The van der Waals surface area contributed by atoms with E-state index in [-0.39, 0.29) is 21.5 Å². The zero-order valence-corrected chi connectivity index (χ0v) is 13.1. The molecule has 0 unspecified atom stereocenters. The van der Waals surface area contributed by atoms with Crippen LogP contribution in [0.4, 0.5) is 0 Å². The lowest BCUT2D eigenvalue weighted by Gasteiger charge is -2.09. The predicted octanol–water partition coefficient (Wildman–Crippen LogP) is 3.52. The molecule has 8 heteroatoms. The number of benzene rings is 1. The monoisotopic (exact) mass is 350 g/mol. The van der Waals surface area contributed by atoms with Crippen LogP contribution in [0, 0.1) is 0 Å². The zero-order chi connectivity index (χ0) is 14.8. The van der Waals surface area contributed by atoms with E-state index >= 15 is 0 Å². The van der Waals surface area contributed by atoms with Crippen molar-refractivity contribution >= 4 is 44.8 Å². The number of hydrogen-bond acceptors (Lipinski definition) is 3. The highest BCUT2D eigenvalue weighted by molar-refractivity contribution is 7.89. The first-order chi connectivity index (χ1) is 9.40. The Labute approximate surface area is 131 Å². The first-order valence-electron chi connectivity index (χ1n) is 5.44. The highest BCUT2D eigenvalue weighted by Crippen LogP contribution is 2.28. The number of nitrogens with zero attached hydrogens (tertiary/aromatic N) is 1. The standard InChI is InChI=1S/C12H9Cl3N2O2S/c13-9-2-1-3-10(14)12(9)20(18,19)17-7-8-4-5-11(15)16-6-8/h1-6,17H,7H2. The normalized spacial score (nSPS) is 11.6. The van der Waals surface area contributed by atoms with Crippen LogP contribution in [0.3, 0.4) is 0 Å². The summed E-state index contributed by atoms with van der Waals surface area (Å²) in [6.07, 6.45) is 1.49. The number of pyridine rings is 1. The number of nitrogens with one attached hydrogen (secondary N) is 1. The van der Waals surface area contributed by atoms with Crippen LogP contribution in [-0.2, 0) is 16.6 Å². The van der Waals surface area contributed by atoms with E-state index in [1.165, 1.54) is 18.3 Å². The minimum absolute atomic E-state index is 0.0635. The van der Waals surface area contributed by atoms with Gasteiger partial charge in [-0.1, -0.05) is 46.9 Å². The van der Waals surface area contributed by atoms with E-state index in [2.05, 4.69) is 9.71 Å². The van der Waals surface area contributed by atoms with Crippen molar-refractivity contribution in [3.8, 4) is 0 Å². The van der Waals surface area contributed by atoms with Gasteiger partial charge in [0, 0.05) is 12.7 Å². The summed E-state index contributed by atoms with van der Waals surface area (Å²) >= 11 is 17.4. The minimum atomic E-state index is -3.80. The summed E-state index contributed by atoms with van der Waals surface area (Å²) in [6.45, 7) is 0.0635. The molecule has 2 aromatic rings. The molecule has 1 aromatic carbocycles. The fourth-order valence-corrected chi connectivity index (χ4v) is 3.77. The molecule has 0 atom stereocenters. The van der Waals surface area contributed by atoms with Crippen LogP contribution in [0.25, 0.3) is 0 Å². The van der Waals surface area contributed by atoms with Crippen LogP contribution in [0.15, 0.2) is 41.4 Å². The topological polar surface area (TPSA) is 59.1 Å². The summed E-state index contributed by atoms with van der Waals surface area (Å²) in [5.74, 6) is 0. The van der Waals surface area contributed by atoms with Gasteiger partial charge in [-0.2, -0.15) is 0 Å². The molecule has 0 aliphatic heterocycles. The van der Waals surface area contributed by atoms with E-state index < -0.39 is 10.0 Å².